The third kappa shape index (κ3) is 6.31. The van der Waals surface area contributed by atoms with E-state index in [9.17, 15) is 29.4 Å². The average Bonchev–Trinajstić information content (AvgIpc) is 2.71. The van der Waals surface area contributed by atoms with Gasteiger partial charge in [0.15, 0.2) is 0 Å². The van der Waals surface area contributed by atoms with Crippen LogP contribution in [0.25, 0.3) is 0 Å². The number of carboxylic acid groups (broad SMARTS) is 2. The van der Waals surface area contributed by atoms with Crippen molar-refractivity contribution in [3.8, 4) is 0 Å². The van der Waals surface area contributed by atoms with Crippen LogP contribution in [0.4, 0.5) is 0 Å². The van der Waals surface area contributed by atoms with E-state index >= 15 is 0 Å². The zero-order valence-electron chi connectivity index (χ0n) is 17.7. The zero-order valence-corrected chi connectivity index (χ0v) is 17.7. The van der Waals surface area contributed by atoms with Crippen LogP contribution in [0.5, 0.6) is 0 Å². The van der Waals surface area contributed by atoms with E-state index in [0.717, 1.165) is 38.5 Å². The van der Waals surface area contributed by atoms with E-state index in [4.69, 9.17) is 9.47 Å². The van der Waals surface area contributed by atoms with Crippen molar-refractivity contribution < 1.29 is 38.9 Å². The molecule has 2 unspecified atom stereocenters. The smallest absolute Gasteiger partial charge is 0.333 e. The predicted octanol–water partition coefficient (Wildman–Crippen LogP) is 3.48. The van der Waals surface area contributed by atoms with Gasteiger partial charge in [-0.05, 0) is 65.2 Å². The minimum atomic E-state index is -1.56. The number of rotatable bonds is 8. The molecule has 8 heteroatoms. The Labute approximate surface area is 176 Å². The first kappa shape index (κ1) is 23.9. The molecule has 168 valence electrons. The Morgan fingerprint density at radius 2 is 0.933 bits per heavy atom. The van der Waals surface area contributed by atoms with Gasteiger partial charge in [-0.3, -0.25) is 9.59 Å². The molecular formula is C22H32O8. The minimum Gasteiger partial charge on any atom is -0.478 e. The molecule has 2 N–H and O–H groups in total. The molecule has 0 saturated heterocycles. The number of hydrogen-bond acceptors (Lipinski definition) is 6. The molecule has 0 amide bonds. The van der Waals surface area contributed by atoms with Gasteiger partial charge in [0.05, 0.1) is 23.0 Å². The van der Waals surface area contributed by atoms with Crippen molar-refractivity contribution in [3.63, 3.8) is 0 Å². The van der Waals surface area contributed by atoms with Crippen molar-refractivity contribution in [2.75, 3.05) is 0 Å². The maximum absolute atomic E-state index is 12.6. The van der Waals surface area contributed by atoms with Gasteiger partial charge in [0, 0.05) is 0 Å². The number of hydrogen-bond donors (Lipinski definition) is 2. The van der Waals surface area contributed by atoms with Crippen molar-refractivity contribution in [2.45, 2.75) is 90.3 Å². The highest BCUT2D eigenvalue weighted by Crippen LogP contribution is 2.28. The third-order valence-corrected chi connectivity index (χ3v) is 5.99. The second-order valence-electron chi connectivity index (χ2n) is 8.27. The molecule has 0 aromatic carbocycles. The maximum atomic E-state index is 12.6. The number of esters is 2. The molecule has 2 rings (SSSR count). The van der Waals surface area contributed by atoms with Crippen LogP contribution < -0.4 is 0 Å². The van der Waals surface area contributed by atoms with E-state index in [1.807, 2.05) is 0 Å². The summed E-state index contributed by atoms with van der Waals surface area (Å²) in [6.07, 6.45) is 8.10. The maximum Gasteiger partial charge on any atom is 0.333 e. The Kier molecular flexibility index (Phi) is 8.87. The van der Waals surface area contributed by atoms with Crippen LogP contribution in [0.15, 0.2) is 11.1 Å². The van der Waals surface area contributed by atoms with Gasteiger partial charge in [0.1, 0.15) is 12.2 Å². The second-order valence-corrected chi connectivity index (χ2v) is 8.27. The van der Waals surface area contributed by atoms with E-state index in [1.54, 1.807) is 0 Å². The topological polar surface area (TPSA) is 127 Å². The lowest BCUT2D eigenvalue weighted by Crippen LogP contribution is -2.33. The standard InChI is InChI=1S/C22H32O8/c1-13(21(27)29-15-9-5-3-6-10-15)17(19(23)24)18(20(25)26)14(2)22(28)30-16-11-7-4-8-12-16/h13-16H,3-12H2,1-2H3,(H,23,24)(H,25,26)/b18-17+. The van der Waals surface area contributed by atoms with Crippen LogP contribution in [-0.4, -0.2) is 46.3 Å². The van der Waals surface area contributed by atoms with Gasteiger partial charge < -0.3 is 19.7 Å². The summed E-state index contributed by atoms with van der Waals surface area (Å²) in [5.74, 6) is -7.33. The van der Waals surface area contributed by atoms with E-state index in [2.05, 4.69) is 0 Å². The number of carboxylic acids is 2. The highest BCUT2D eigenvalue weighted by molar-refractivity contribution is 6.05. The highest BCUT2D eigenvalue weighted by atomic mass is 16.5. The van der Waals surface area contributed by atoms with Crippen molar-refractivity contribution >= 4 is 23.9 Å². The molecule has 30 heavy (non-hydrogen) atoms. The van der Waals surface area contributed by atoms with E-state index in [-0.39, 0.29) is 12.2 Å². The van der Waals surface area contributed by atoms with E-state index < -0.39 is 46.9 Å². The molecule has 0 aliphatic heterocycles. The SMILES string of the molecule is CC(C(=O)OC1CCCCC1)/C(C(=O)O)=C(\C(=O)O)C(C)C(=O)OC1CCCCC1. The number of carbonyl (C=O) groups is 4. The Morgan fingerprint density at radius 3 is 1.20 bits per heavy atom. The third-order valence-electron chi connectivity index (χ3n) is 5.99. The number of carbonyl (C=O) groups excluding carboxylic acids is 2. The molecule has 8 nitrogen and oxygen atoms in total. The lowest BCUT2D eigenvalue weighted by atomic mass is 9.88. The van der Waals surface area contributed by atoms with Crippen molar-refractivity contribution in [1.82, 2.24) is 0 Å². The van der Waals surface area contributed by atoms with Crippen LogP contribution in [0, 0.1) is 11.8 Å². The molecule has 2 fully saturated rings. The van der Waals surface area contributed by atoms with Gasteiger partial charge in [-0.25, -0.2) is 9.59 Å². The van der Waals surface area contributed by atoms with Crippen molar-refractivity contribution in [3.05, 3.63) is 11.1 Å². The first-order valence-corrected chi connectivity index (χ1v) is 10.8. The van der Waals surface area contributed by atoms with Gasteiger partial charge in [0.2, 0.25) is 0 Å². The summed E-state index contributed by atoms with van der Waals surface area (Å²) in [7, 11) is 0. The summed E-state index contributed by atoms with van der Waals surface area (Å²) in [4.78, 5) is 49.0. The highest BCUT2D eigenvalue weighted by Gasteiger charge is 2.37. The van der Waals surface area contributed by atoms with Crippen LogP contribution in [-0.2, 0) is 28.7 Å². The second kappa shape index (κ2) is 11.1. The Hall–Kier alpha value is -2.38. The quantitative estimate of drug-likeness (QED) is 0.448. The van der Waals surface area contributed by atoms with Crippen LogP contribution >= 0.6 is 0 Å². The normalized spacial score (nSPS) is 21.1. The number of aliphatic carboxylic acids is 2. The summed E-state index contributed by atoms with van der Waals surface area (Å²) in [5, 5.41) is 19.4. The van der Waals surface area contributed by atoms with Crippen molar-refractivity contribution in [1.29, 1.82) is 0 Å². The van der Waals surface area contributed by atoms with E-state index in [1.165, 1.54) is 13.8 Å². The minimum absolute atomic E-state index is 0.286. The summed E-state index contributed by atoms with van der Waals surface area (Å²) in [5.41, 5.74) is -1.26. The van der Waals surface area contributed by atoms with E-state index in [0.29, 0.717) is 25.7 Å². The van der Waals surface area contributed by atoms with Gasteiger partial charge in [-0.1, -0.05) is 12.8 Å². The summed E-state index contributed by atoms with van der Waals surface area (Å²) < 4.78 is 10.9. The first-order valence-electron chi connectivity index (χ1n) is 10.8. The van der Waals surface area contributed by atoms with Crippen molar-refractivity contribution in [2.24, 2.45) is 11.8 Å². The lowest BCUT2D eigenvalue weighted by molar-refractivity contribution is -0.157. The monoisotopic (exact) mass is 424 g/mol. The summed E-state index contributed by atoms with van der Waals surface area (Å²) in [6.45, 7) is 2.60. The van der Waals surface area contributed by atoms with Crippen LogP contribution in [0.3, 0.4) is 0 Å². The molecular weight excluding hydrogens is 392 g/mol. The molecule has 2 atom stereocenters. The fourth-order valence-electron chi connectivity index (χ4n) is 4.20. The first-order chi connectivity index (χ1) is 14.2. The molecule has 2 aliphatic rings. The van der Waals surface area contributed by atoms with Crippen LogP contribution in [0.2, 0.25) is 0 Å². The largest absolute Gasteiger partial charge is 0.478 e. The molecule has 2 aliphatic carbocycles. The fraction of sp³-hybridized carbons (Fsp3) is 0.727. The number of ether oxygens (including phenoxy) is 2. The van der Waals surface area contributed by atoms with Gasteiger partial charge in [0.25, 0.3) is 0 Å². The molecule has 0 bridgehead atoms. The predicted molar refractivity (Wildman–Crippen MR) is 107 cm³/mol. The Morgan fingerprint density at radius 1 is 0.633 bits per heavy atom. The Bertz CT molecular complexity index is 625. The fourth-order valence-corrected chi connectivity index (χ4v) is 4.20. The summed E-state index contributed by atoms with van der Waals surface area (Å²) >= 11 is 0. The molecule has 0 heterocycles. The molecule has 2 saturated carbocycles. The van der Waals surface area contributed by atoms with Gasteiger partial charge >= 0.3 is 23.9 Å². The zero-order chi connectivity index (χ0) is 22.3. The van der Waals surface area contributed by atoms with Gasteiger partial charge in [-0.2, -0.15) is 0 Å². The summed E-state index contributed by atoms with van der Waals surface area (Å²) in [6, 6.07) is 0. The Balaban J connectivity index is 2.22. The molecule has 0 spiro atoms. The molecule has 0 aromatic rings. The average molecular weight is 424 g/mol. The lowest BCUT2D eigenvalue weighted by Gasteiger charge is -2.26. The molecule has 0 aromatic heterocycles. The molecule has 0 radical (unpaired) electrons. The van der Waals surface area contributed by atoms with Gasteiger partial charge in [-0.15, -0.1) is 0 Å². The van der Waals surface area contributed by atoms with Crippen LogP contribution in [0.1, 0.15) is 78.1 Å².